The van der Waals surface area contributed by atoms with Crippen LogP contribution in [0.15, 0.2) is 48.5 Å². The molecule has 1 aliphatic rings. The van der Waals surface area contributed by atoms with Crippen LogP contribution in [0.5, 0.6) is 0 Å². The summed E-state index contributed by atoms with van der Waals surface area (Å²) in [5.74, 6) is 0.354. The summed E-state index contributed by atoms with van der Waals surface area (Å²) in [7, 11) is 0. The second-order valence-electron chi connectivity index (χ2n) is 6.67. The molecule has 1 unspecified atom stereocenters. The molecule has 0 saturated carbocycles. The summed E-state index contributed by atoms with van der Waals surface area (Å²) in [6.07, 6.45) is 0.479. The predicted octanol–water partition coefficient (Wildman–Crippen LogP) is 4.59. The fourth-order valence-electron chi connectivity index (χ4n) is 2.87. The summed E-state index contributed by atoms with van der Waals surface area (Å²) >= 11 is 1.53. The average molecular weight is 372 g/mol. The SMILES string of the molecule is CC(C)CC(=O)Nc1ccc(C2SCC(=O)N2c2ccc(F)cc2)cc1. The third-order valence-corrected chi connectivity index (χ3v) is 5.26. The minimum atomic E-state index is -0.328. The van der Waals surface area contributed by atoms with Crippen molar-refractivity contribution in [2.75, 3.05) is 16.0 Å². The molecule has 0 bridgehead atoms. The van der Waals surface area contributed by atoms with Crippen molar-refractivity contribution in [1.82, 2.24) is 0 Å². The van der Waals surface area contributed by atoms with Crippen molar-refractivity contribution in [3.05, 3.63) is 59.9 Å². The van der Waals surface area contributed by atoms with E-state index in [9.17, 15) is 14.0 Å². The number of carbonyl (C=O) groups is 2. The normalized spacial score (nSPS) is 17.0. The van der Waals surface area contributed by atoms with E-state index in [0.717, 1.165) is 11.3 Å². The third-order valence-electron chi connectivity index (χ3n) is 4.05. The van der Waals surface area contributed by atoms with Crippen LogP contribution in [0.25, 0.3) is 0 Å². The maximum absolute atomic E-state index is 13.2. The van der Waals surface area contributed by atoms with Crippen LogP contribution >= 0.6 is 11.8 Å². The highest BCUT2D eigenvalue weighted by molar-refractivity contribution is 8.00. The van der Waals surface area contributed by atoms with Gasteiger partial charge in [0.2, 0.25) is 11.8 Å². The molecule has 2 aromatic carbocycles. The number of amides is 2. The highest BCUT2D eigenvalue weighted by atomic mass is 32.2. The summed E-state index contributed by atoms with van der Waals surface area (Å²) in [5, 5.41) is 2.72. The standard InChI is InChI=1S/C20H21FN2O2S/c1-13(2)11-18(24)22-16-7-3-14(4-8-16)20-23(19(25)12-26-20)17-9-5-15(21)6-10-17/h3-10,13,20H,11-12H2,1-2H3,(H,22,24). The van der Waals surface area contributed by atoms with E-state index in [1.165, 1.54) is 23.9 Å². The minimum Gasteiger partial charge on any atom is -0.326 e. The number of nitrogens with one attached hydrogen (secondary N) is 1. The van der Waals surface area contributed by atoms with E-state index < -0.39 is 0 Å². The number of anilines is 2. The second kappa shape index (κ2) is 7.91. The van der Waals surface area contributed by atoms with Crippen molar-refractivity contribution in [1.29, 1.82) is 0 Å². The highest BCUT2D eigenvalue weighted by Crippen LogP contribution is 2.41. The van der Waals surface area contributed by atoms with E-state index in [2.05, 4.69) is 5.32 Å². The van der Waals surface area contributed by atoms with Crippen LogP contribution in [-0.4, -0.2) is 17.6 Å². The Morgan fingerprint density at radius 2 is 1.85 bits per heavy atom. The van der Waals surface area contributed by atoms with Gasteiger partial charge >= 0.3 is 0 Å². The number of halogens is 1. The quantitative estimate of drug-likeness (QED) is 0.835. The Morgan fingerprint density at radius 3 is 2.46 bits per heavy atom. The number of rotatable bonds is 5. The molecule has 1 aliphatic heterocycles. The van der Waals surface area contributed by atoms with Gasteiger partial charge in [-0.15, -0.1) is 11.8 Å². The predicted molar refractivity (Wildman–Crippen MR) is 104 cm³/mol. The molecule has 0 spiro atoms. The van der Waals surface area contributed by atoms with E-state index >= 15 is 0 Å². The summed E-state index contributed by atoms with van der Waals surface area (Å²) in [6.45, 7) is 4.00. The lowest BCUT2D eigenvalue weighted by Crippen LogP contribution is -2.27. The maximum Gasteiger partial charge on any atom is 0.238 e. The molecule has 136 valence electrons. The van der Waals surface area contributed by atoms with Crippen molar-refractivity contribution in [2.45, 2.75) is 25.6 Å². The Labute approximate surface area is 156 Å². The molecular weight excluding hydrogens is 351 g/mol. The Morgan fingerprint density at radius 1 is 1.19 bits per heavy atom. The first-order valence-electron chi connectivity index (χ1n) is 8.53. The van der Waals surface area contributed by atoms with Crippen molar-refractivity contribution in [3.8, 4) is 0 Å². The molecule has 6 heteroatoms. The molecule has 1 atom stereocenters. The van der Waals surface area contributed by atoms with Gasteiger partial charge < -0.3 is 5.32 Å². The molecule has 2 aromatic rings. The summed E-state index contributed by atoms with van der Waals surface area (Å²) in [4.78, 5) is 25.9. The van der Waals surface area contributed by atoms with Crippen LogP contribution in [-0.2, 0) is 9.59 Å². The van der Waals surface area contributed by atoms with Crippen LogP contribution < -0.4 is 10.2 Å². The lowest BCUT2D eigenvalue weighted by Gasteiger charge is -2.24. The second-order valence-corrected chi connectivity index (χ2v) is 7.74. The summed E-state index contributed by atoms with van der Waals surface area (Å²) in [6, 6.07) is 13.5. The van der Waals surface area contributed by atoms with Crippen molar-refractivity contribution >= 4 is 35.0 Å². The fourth-order valence-corrected chi connectivity index (χ4v) is 4.04. The smallest absolute Gasteiger partial charge is 0.238 e. The number of thioether (sulfide) groups is 1. The number of benzene rings is 2. The zero-order valence-electron chi connectivity index (χ0n) is 14.7. The summed E-state index contributed by atoms with van der Waals surface area (Å²) < 4.78 is 13.2. The molecule has 0 aliphatic carbocycles. The van der Waals surface area contributed by atoms with Crippen LogP contribution in [0.3, 0.4) is 0 Å². The molecule has 2 amide bonds. The zero-order valence-corrected chi connectivity index (χ0v) is 15.6. The number of hydrogen-bond donors (Lipinski definition) is 1. The molecule has 1 saturated heterocycles. The molecule has 0 aromatic heterocycles. The lowest BCUT2D eigenvalue weighted by atomic mass is 10.1. The first-order chi connectivity index (χ1) is 12.4. The van der Waals surface area contributed by atoms with Gasteiger partial charge in [0.15, 0.2) is 0 Å². The van der Waals surface area contributed by atoms with Gasteiger partial charge in [0, 0.05) is 17.8 Å². The van der Waals surface area contributed by atoms with E-state index in [1.54, 1.807) is 17.0 Å². The zero-order chi connectivity index (χ0) is 18.7. The summed E-state index contributed by atoms with van der Waals surface area (Å²) in [5.41, 5.74) is 2.38. The van der Waals surface area contributed by atoms with Gasteiger partial charge in [-0.1, -0.05) is 26.0 Å². The van der Waals surface area contributed by atoms with E-state index in [0.29, 0.717) is 23.8 Å². The van der Waals surface area contributed by atoms with Gasteiger partial charge in [-0.25, -0.2) is 4.39 Å². The van der Waals surface area contributed by atoms with Gasteiger partial charge in [0.1, 0.15) is 11.2 Å². The van der Waals surface area contributed by atoms with Gasteiger partial charge in [-0.2, -0.15) is 0 Å². The Hall–Kier alpha value is -2.34. The molecule has 26 heavy (non-hydrogen) atoms. The number of carbonyl (C=O) groups excluding carboxylic acids is 2. The van der Waals surface area contributed by atoms with E-state index in [4.69, 9.17) is 0 Å². The lowest BCUT2D eigenvalue weighted by molar-refractivity contribution is -0.117. The van der Waals surface area contributed by atoms with Crippen LogP contribution in [0.2, 0.25) is 0 Å². The molecule has 1 fully saturated rings. The van der Waals surface area contributed by atoms with Gasteiger partial charge in [-0.3, -0.25) is 14.5 Å². The van der Waals surface area contributed by atoms with Crippen molar-refractivity contribution in [2.24, 2.45) is 5.92 Å². The van der Waals surface area contributed by atoms with E-state index in [-0.39, 0.29) is 23.0 Å². The van der Waals surface area contributed by atoms with Crippen LogP contribution in [0.1, 0.15) is 31.2 Å². The van der Waals surface area contributed by atoms with Gasteiger partial charge in [-0.05, 0) is 47.9 Å². The Balaban J connectivity index is 1.76. The highest BCUT2D eigenvalue weighted by Gasteiger charge is 2.33. The monoisotopic (exact) mass is 372 g/mol. The van der Waals surface area contributed by atoms with Crippen molar-refractivity contribution < 1.29 is 14.0 Å². The van der Waals surface area contributed by atoms with E-state index in [1.807, 2.05) is 38.1 Å². The first kappa shape index (κ1) is 18.5. The molecule has 4 nitrogen and oxygen atoms in total. The Kier molecular flexibility index (Phi) is 5.61. The maximum atomic E-state index is 13.2. The molecule has 3 rings (SSSR count). The van der Waals surface area contributed by atoms with Gasteiger partial charge in [0.25, 0.3) is 0 Å². The molecule has 1 N–H and O–H groups in total. The fraction of sp³-hybridized carbons (Fsp3) is 0.300. The van der Waals surface area contributed by atoms with Crippen LogP contribution in [0.4, 0.5) is 15.8 Å². The molecular formula is C20H21FN2O2S. The number of nitrogens with zero attached hydrogens (tertiary/aromatic N) is 1. The third kappa shape index (κ3) is 4.25. The number of hydrogen-bond acceptors (Lipinski definition) is 3. The van der Waals surface area contributed by atoms with Crippen molar-refractivity contribution in [3.63, 3.8) is 0 Å². The minimum absolute atomic E-state index is 0.000853. The molecule has 0 radical (unpaired) electrons. The van der Waals surface area contributed by atoms with Crippen LogP contribution in [0, 0.1) is 11.7 Å². The first-order valence-corrected chi connectivity index (χ1v) is 9.58. The topological polar surface area (TPSA) is 49.4 Å². The average Bonchev–Trinajstić information content (AvgIpc) is 2.97. The largest absolute Gasteiger partial charge is 0.326 e. The van der Waals surface area contributed by atoms with Gasteiger partial charge in [0.05, 0.1) is 5.75 Å². The Bertz CT molecular complexity index is 790. The molecule has 1 heterocycles.